The lowest BCUT2D eigenvalue weighted by atomic mass is 10.0. The third-order valence-electron chi connectivity index (χ3n) is 5.40. The Balaban J connectivity index is 1.58. The van der Waals surface area contributed by atoms with Gasteiger partial charge in [0.05, 0.1) is 18.3 Å². The Morgan fingerprint density at radius 1 is 1.18 bits per heavy atom. The number of thiazole rings is 1. The maximum atomic E-state index is 13.0. The summed E-state index contributed by atoms with van der Waals surface area (Å²) in [5.74, 6) is -1.48. The van der Waals surface area contributed by atoms with Crippen LogP contribution in [0.5, 0.6) is 11.5 Å². The van der Waals surface area contributed by atoms with Crippen LogP contribution in [0.15, 0.2) is 42.3 Å². The van der Waals surface area contributed by atoms with E-state index in [-0.39, 0.29) is 32.8 Å². The van der Waals surface area contributed by atoms with Gasteiger partial charge in [0.2, 0.25) is 0 Å². The number of pyridine rings is 1. The van der Waals surface area contributed by atoms with E-state index in [0.717, 1.165) is 36.6 Å². The highest BCUT2D eigenvalue weighted by Gasteiger charge is 2.27. The van der Waals surface area contributed by atoms with Crippen LogP contribution in [0.1, 0.15) is 39.7 Å². The molecule has 0 saturated heterocycles. The van der Waals surface area contributed by atoms with Crippen LogP contribution in [0.2, 0.25) is 10.0 Å². The van der Waals surface area contributed by atoms with Crippen molar-refractivity contribution in [3.8, 4) is 11.5 Å². The molecule has 2 heterocycles. The molecular weight excluding hydrogens is 569 g/mol. The van der Waals surface area contributed by atoms with Crippen LogP contribution < -0.4 is 14.2 Å². The molecule has 0 bridgehead atoms. The van der Waals surface area contributed by atoms with Gasteiger partial charge in [-0.1, -0.05) is 29.3 Å². The van der Waals surface area contributed by atoms with E-state index < -0.39 is 31.3 Å². The number of hydrogen-bond donors (Lipinski definition) is 0. The summed E-state index contributed by atoms with van der Waals surface area (Å²) in [7, 11) is 0. The SMILES string of the molecule is O=C(COC(=O)c1cncs1)O[C@@H](Cc1c(Cl)c[n+]([O-])cc1Cl)c1ccc(OC(F)F)c(OCC2CC2)c1. The van der Waals surface area contributed by atoms with Crippen molar-refractivity contribution in [2.24, 2.45) is 5.92 Å². The van der Waals surface area contributed by atoms with Crippen LogP contribution in [-0.4, -0.2) is 36.7 Å². The zero-order valence-corrected chi connectivity index (χ0v) is 21.8. The Bertz CT molecular complexity index is 1270. The minimum absolute atomic E-state index is 0.0213. The third-order valence-corrected chi connectivity index (χ3v) is 6.81. The van der Waals surface area contributed by atoms with E-state index in [1.807, 2.05) is 0 Å². The van der Waals surface area contributed by atoms with E-state index in [2.05, 4.69) is 9.72 Å². The summed E-state index contributed by atoms with van der Waals surface area (Å²) in [6.45, 7) is -3.48. The van der Waals surface area contributed by atoms with Crippen LogP contribution >= 0.6 is 34.5 Å². The van der Waals surface area contributed by atoms with Gasteiger partial charge in [0, 0.05) is 12.0 Å². The summed E-state index contributed by atoms with van der Waals surface area (Å²) < 4.78 is 47.2. The van der Waals surface area contributed by atoms with E-state index in [0.29, 0.717) is 28.4 Å². The first-order valence-corrected chi connectivity index (χ1v) is 12.9. The first kappa shape index (κ1) is 27.8. The summed E-state index contributed by atoms with van der Waals surface area (Å²) in [6, 6.07) is 4.11. The van der Waals surface area contributed by atoms with Gasteiger partial charge < -0.3 is 24.2 Å². The van der Waals surface area contributed by atoms with Gasteiger partial charge in [0.25, 0.3) is 0 Å². The van der Waals surface area contributed by atoms with Crippen LogP contribution in [0.3, 0.4) is 0 Å². The normalized spacial score (nSPS) is 13.7. The highest BCUT2D eigenvalue weighted by atomic mass is 35.5. The first-order chi connectivity index (χ1) is 18.2. The summed E-state index contributed by atoms with van der Waals surface area (Å²) in [6.07, 6.45) is 4.24. The standard InChI is InChI=1S/C24H20Cl2F2N2O7S/c25-16-8-30(33)9-17(26)15(16)6-19(36-22(31)11-35-23(32)21-7-29-12-38-21)14-3-4-18(37-24(27)28)20(5-14)34-10-13-1-2-13/h3-5,7-9,12-13,19,24H,1-2,6,10-11H2/t19-/m0/s1. The Labute approximate surface area is 229 Å². The first-order valence-electron chi connectivity index (χ1n) is 11.2. The number of esters is 2. The molecule has 1 fully saturated rings. The Morgan fingerprint density at radius 2 is 1.92 bits per heavy atom. The number of halogens is 4. The molecular formula is C24H20Cl2F2N2O7S. The van der Waals surface area contributed by atoms with E-state index >= 15 is 0 Å². The topological polar surface area (TPSA) is 111 Å². The number of ether oxygens (including phenoxy) is 4. The van der Waals surface area contributed by atoms with Crippen LogP contribution in [-0.2, 0) is 20.7 Å². The number of alkyl halides is 2. The number of aromatic nitrogens is 2. The Kier molecular flexibility index (Phi) is 9.18. The number of benzene rings is 1. The number of hydrogen-bond acceptors (Lipinski definition) is 9. The van der Waals surface area contributed by atoms with Gasteiger partial charge in [-0.2, -0.15) is 13.5 Å². The fourth-order valence-corrected chi connectivity index (χ4v) is 4.48. The van der Waals surface area contributed by atoms with Crippen molar-refractivity contribution >= 4 is 46.5 Å². The average Bonchev–Trinajstić information content (AvgIpc) is 3.52. The smallest absolute Gasteiger partial charge is 0.387 e. The monoisotopic (exact) mass is 588 g/mol. The van der Waals surface area contributed by atoms with E-state index in [1.165, 1.54) is 29.9 Å². The lowest BCUT2D eigenvalue weighted by Gasteiger charge is -2.21. The maximum Gasteiger partial charge on any atom is 0.387 e. The molecule has 1 atom stereocenters. The van der Waals surface area contributed by atoms with Crippen molar-refractivity contribution in [2.45, 2.75) is 32.0 Å². The predicted molar refractivity (Wildman–Crippen MR) is 132 cm³/mol. The lowest BCUT2D eigenvalue weighted by Crippen LogP contribution is -2.26. The highest BCUT2D eigenvalue weighted by Crippen LogP contribution is 2.37. The Morgan fingerprint density at radius 3 is 2.55 bits per heavy atom. The molecule has 38 heavy (non-hydrogen) atoms. The fourth-order valence-electron chi connectivity index (χ4n) is 3.37. The quantitative estimate of drug-likeness (QED) is 0.162. The molecule has 4 rings (SSSR count). The van der Waals surface area contributed by atoms with Gasteiger partial charge in [-0.3, -0.25) is 4.98 Å². The van der Waals surface area contributed by atoms with Crippen molar-refractivity contribution in [1.82, 2.24) is 4.98 Å². The molecule has 2 aromatic heterocycles. The van der Waals surface area contributed by atoms with Gasteiger partial charge in [-0.25, -0.2) is 9.59 Å². The molecule has 1 aliphatic rings. The van der Waals surface area contributed by atoms with Gasteiger partial charge in [0.15, 0.2) is 30.5 Å². The molecule has 0 radical (unpaired) electrons. The molecule has 202 valence electrons. The zero-order chi connectivity index (χ0) is 27.2. The number of carbonyl (C=O) groups is 2. The van der Waals surface area contributed by atoms with Crippen molar-refractivity contribution in [3.63, 3.8) is 0 Å². The summed E-state index contributed by atoms with van der Waals surface area (Å²) >= 11 is 13.5. The molecule has 1 aromatic carbocycles. The van der Waals surface area contributed by atoms with Crippen molar-refractivity contribution < 1.29 is 42.0 Å². The Hall–Kier alpha value is -3.22. The predicted octanol–water partition coefficient (Wildman–Crippen LogP) is 5.16. The van der Waals surface area contributed by atoms with Gasteiger partial charge in [-0.05, 0) is 36.5 Å². The summed E-state index contributed by atoms with van der Waals surface area (Å²) in [5.41, 5.74) is 2.08. The van der Waals surface area contributed by atoms with Crippen LogP contribution in [0.25, 0.3) is 0 Å². The van der Waals surface area contributed by atoms with E-state index in [9.17, 15) is 23.6 Å². The molecule has 1 saturated carbocycles. The minimum Gasteiger partial charge on any atom is -0.619 e. The molecule has 0 aliphatic heterocycles. The summed E-state index contributed by atoms with van der Waals surface area (Å²) in [5, 5.41) is 11.7. The number of carbonyl (C=O) groups excluding carboxylic acids is 2. The highest BCUT2D eigenvalue weighted by molar-refractivity contribution is 7.11. The molecule has 3 aromatic rings. The van der Waals surface area contributed by atoms with Crippen molar-refractivity contribution in [1.29, 1.82) is 0 Å². The number of rotatable bonds is 12. The zero-order valence-electron chi connectivity index (χ0n) is 19.5. The second-order valence-corrected chi connectivity index (χ2v) is 9.96. The molecule has 14 heteroatoms. The molecule has 0 unspecified atom stereocenters. The van der Waals surface area contributed by atoms with Gasteiger partial charge in [-0.15, -0.1) is 11.3 Å². The van der Waals surface area contributed by atoms with E-state index in [1.54, 1.807) is 0 Å². The van der Waals surface area contributed by atoms with Gasteiger partial charge in [0.1, 0.15) is 21.0 Å². The maximum absolute atomic E-state index is 13.0. The van der Waals surface area contributed by atoms with Gasteiger partial charge >= 0.3 is 18.6 Å². The largest absolute Gasteiger partial charge is 0.619 e. The second kappa shape index (κ2) is 12.5. The van der Waals surface area contributed by atoms with Crippen LogP contribution in [0.4, 0.5) is 8.78 Å². The second-order valence-electron chi connectivity index (χ2n) is 8.26. The third kappa shape index (κ3) is 7.65. The van der Waals surface area contributed by atoms with Crippen LogP contribution in [0, 0.1) is 11.1 Å². The minimum atomic E-state index is -3.08. The molecule has 0 spiro atoms. The lowest BCUT2D eigenvalue weighted by molar-refractivity contribution is -0.605. The van der Waals surface area contributed by atoms with Crippen molar-refractivity contribution in [3.05, 3.63) is 73.6 Å². The molecule has 1 aliphatic carbocycles. The molecule has 9 nitrogen and oxygen atoms in total. The van der Waals surface area contributed by atoms with Crippen molar-refractivity contribution in [2.75, 3.05) is 13.2 Å². The number of nitrogens with zero attached hydrogens (tertiary/aromatic N) is 2. The molecule has 0 amide bonds. The molecule has 0 N–H and O–H groups in total. The summed E-state index contributed by atoms with van der Waals surface area (Å²) in [4.78, 5) is 28.7. The average molecular weight is 589 g/mol. The fraction of sp³-hybridized carbons (Fsp3) is 0.333. The van der Waals surface area contributed by atoms with E-state index in [4.69, 9.17) is 37.4 Å².